The fourth-order valence-corrected chi connectivity index (χ4v) is 5.99. The Morgan fingerprint density at radius 1 is 0.757 bits per heavy atom. The van der Waals surface area contributed by atoms with Gasteiger partial charge in [-0.2, -0.15) is 0 Å². The molecule has 183 valence electrons. The first kappa shape index (κ1) is 23.8. The molecule has 0 unspecified atom stereocenters. The molecule has 1 saturated carbocycles. The third-order valence-electron chi connectivity index (χ3n) is 6.90. The Labute approximate surface area is 220 Å². The van der Waals surface area contributed by atoms with Crippen molar-refractivity contribution >= 4 is 35.2 Å². The Kier molecular flexibility index (Phi) is 6.03. The quantitative estimate of drug-likeness (QED) is 0.350. The van der Waals surface area contributed by atoms with Gasteiger partial charge >= 0.3 is 0 Å². The molecular weight excluding hydrogens is 484 g/mol. The molecule has 0 spiro atoms. The second kappa shape index (κ2) is 9.38. The number of ether oxygens (including phenoxy) is 1. The van der Waals surface area contributed by atoms with Crippen molar-refractivity contribution in [3.8, 4) is 5.75 Å². The number of imide groups is 1. The maximum absolute atomic E-state index is 13.7. The fourth-order valence-electron chi connectivity index (χ4n) is 5.01. The van der Waals surface area contributed by atoms with Gasteiger partial charge in [-0.05, 0) is 74.7 Å². The lowest BCUT2D eigenvalue weighted by molar-refractivity contribution is -0.129. The maximum Gasteiger partial charge on any atom is 0.262 e. The number of hydrogen-bond donors (Lipinski definition) is 0. The fraction of sp³-hybridized carbons (Fsp3) is 0.133. The summed E-state index contributed by atoms with van der Waals surface area (Å²) >= 11 is 1.60. The molecule has 2 fully saturated rings. The van der Waals surface area contributed by atoms with Crippen molar-refractivity contribution in [2.24, 2.45) is 0 Å². The molecule has 5 radical (unpaired) electrons. The normalized spacial score (nSPS) is 21.9. The van der Waals surface area contributed by atoms with Crippen LogP contribution in [-0.4, -0.2) is 41.8 Å². The van der Waals surface area contributed by atoms with Crippen LogP contribution in [0, 0.1) is 37.4 Å². The Morgan fingerprint density at radius 2 is 1.41 bits per heavy atom. The molecule has 3 amide bonds. The molecule has 3 aliphatic rings. The summed E-state index contributed by atoms with van der Waals surface area (Å²) in [5, 5.41) is 0.974. The average molecular weight is 508 g/mol. The van der Waals surface area contributed by atoms with Crippen LogP contribution in [0.15, 0.2) is 77.7 Å². The zero-order chi connectivity index (χ0) is 25.7. The van der Waals surface area contributed by atoms with E-state index in [2.05, 4.69) is 24.3 Å². The minimum atomic E-state index is -0.936. The molecule has 1 saturated heterocycles. The second-order valence-corrected chi connectivity index (χ2v) is 10.2. The average Bonchev–Trinajstić information content (AvgIpc) is 3.47. The Morgan fingerprint density at radius 3 is 2.03 bits per heavy atom. The summed E-state index contributed by atoms with van der Waals surface area (Å²) in [6.07, 6.45) is 5.92. The van der Waals surface area contributed by atoms with Crippen molar-refractivity contribution in [3.05, 3.63) is 120 Å². The predicted octanol–water partition coefficient (Wildman–Crippen LogP) is 4.91. The topological polar surface area (TPSA) is 66.9 Å². The standard InChI is InChI=1S/C30H23N2O4S/c1-18-10-16-21(17-11-18)37-25-9-5-8-24(25)26-27(30(35)31(26)19-12-14-20(36-2)15-13-19)32-28(33)22-6-3-4-7-23(22)29(32)34/h3-17,26-27H,1-2H3/t26-,27+/m1/s1. The zero-order valence-corrected chi connectivity index (χ0v) is 21.1. The van der Waals surface area contributed by atoms with Crippen LogP contribution in [0.1, 0.15) is 26.3 Å². The predicted molar refractivity (Wildman–Crippen MR) is 141 cm³/mol. The van der Waals surface area contributed by atoms with E-state index in [0.717, 1.165) is 21.0 Å². The first-order valence-electron chi connectivity index (χ1n) is 11.9. The number of benzene rings is 3. The van der Waals surface area contributed by atoms with E-state index in [9.17, 15) is 14.4 Å². The van der Waals surface area contributed by atoms with Gasteiger partial charge in [0.15, 0.2) is 0 Å². The molecule has 6 nitrogen and oxygen atoms in total. The van der Waals surface area contributed by atoms with Gasteiger partial charge in [-0.15, -0.1) is 11.8 Å². The third kappa shape index (κ3) is 3.93. The number of fused-ring (bicyclic) bond motifs is 1. The molecule has 2 heterocycles. The van der Waals surface area contributed by atoms with Crippen molar-refractivity contribution in [2.75, 3.05) is 12.0 Å². The van der Waals surface area contributed by atoms with Crippen LogP contribution in [0.25, 0.3) is 0 Å². The number of anilines is 1. The highest BCUT2D eigenvalue weighted by molar-refractivity contribution is 8.02. The molecule has 0 aromatic heterocycles. The van der Waals surface area contributed by atoms with Gasteiger partial charge in [0.05, 0.1) is 24.3 Å². The van der Waals surface area contributed by atoms with Gasteiger partial charge in [-0.3, -0.25) is 19.3 Å². The number of aryl methyl sites for hydroxylation is 1. The van der Waals surface area contributed by atoms with Gasteiger partial charge in [0.25, 0.3) is 17.7 Å². The van der Waals surface area contributed by atoms with Crippen molar-refractivity contribution in [2.45, 2.75) is 23.9 Å². The first-order chi connectivity index (χ1) is 18.0. The van der Waals surface area contributed by atoms with E-state index < -0.39 is 23.9 Å². The minimum Gasteiger partial charge on any atom is -0.497 e. The van der Waals surface area contributed by atoms with Gasteiger partial charge in [0.1, 0.15) is 11.8 Å². The molecule has 37 heavy (non-hydrogen) atoms. The number of rotatable bonds is 6. The van der Waals surface area contributed by atoms with E-state index >= 15 is 0 Å². The number of hydrogen-bond acceptors (Lipinski definition) is 5. The van der Waals surface area contributed by atoms with E-state index in [4.69, 9.17) is 4.74 Å². The van der Waals surface area contributed by atoms with Crippen LogP contribution in [0.3, 0.4) is 0 Å². The number of thioether (sulfide) groups is 1. The molecule has 7 heteroatoms. The minimum absolute atomic E-state index is 0.294. The molecule has 3 aromatic carbocycles. The zero-order valence-electron chi connectivity index (χ0n) is 20.3. The number of methoxy groups -OCH3 is 1. The van der Waals surface area contributed by atoms with Crippen LogP contribution in [0.4, 0.5) is 5.69 Å². The highest BCUT2D eigenvalue weighted by Crippen LogP contribution is 2.52. The Balaban J connectivity index is 1.36. The van der Waals surface area contributed by atoms with Gasteiger partial charge in [-0.25, -0.2) is 0 Å². The molecule has 6 rings (SSSR count). The van der Waals surface area contributed by atoms with E-state index in [1.54, 1.807) is 60.2 Å². The highest BCUT2D eigenvalue weighted by atomic mass is 32.2. The second-order valence-electron chi connectivity index (χ2n) is 9.08. The van der Waals surface area contributed by atoms with Gasteiger partial charge in [0, 0.05) is 21.8 Å². The van der Waals surface area contributed by atoms with E-state index in [0.29, 0.717) is 22.6 Å². The summed E-state index contributed by atoms with van der Waals surface area (Å²) in [5.41, 5.74) is 2.52. The van der Waals surface area contributed by atoms with Gasteiger partial charge in [-0.1, -0.05) is 29.8 Å². The number of carbonyl (C=O) groups excluding carboxylic acids is 3. The molecular formula is C30H23N2O4S. The first-order valence-corrected chi connectivity index (χ1v) is 12.7. The number of carbonyl (C=O) groups is 3. The summed E-state index contributed by atoms with van der Waals surface area (Å²) < 4.78 is 5.28. The van der Waals surface area contributed by atoms with Crippen LogP contribution >= 0.6 is 11.8 Å². The summed E-state index contributed by atoms with van der Waals surface area (Å²) in [6, 6.07) is 20.7. The van der Waals surface area contributed by atoms with E-state index in [1.165, 1.54) is 5.56 Å². The molecule has 2 aliphatic heterocycles. The molecule has 3 aromatic rings. The number of β-lactam (4-membered cyclic amide) rings is 1. The summed E-state index contributed by atoms with van der Waals surface area (Å²) in [5.74, 6) is 0.407. The summed E-state index contributed by atoms with van der Waals surface area (Å²) in [6.45, 7) is 2.04. The Hall–Kier alpha value is -3.58. The highest BCUT2D eigenvalue weighted by Gasteiger charge is 2.61. The lowest BCUT2D eigenvalue weighted by Crippen LogP contribution is -2.74. The maximum atomic E-state index is 13.7. The van der Waals surface area contributed by atoms with Crippen LogP contribution in [0.5, 0.6) is 5.75 Å². The van der Waals surface area contributed by atoms with Crippen molar-refractivity contribution in [1.29, 1.82) is 0 Å². The molecule has 1 aliphatic carbocycles. The van der Waals surface area contributed by atoms with Crippen molar-refractivity contribution in [1.82, 2.24) is 4.90 Å². The van der Waals surface area contributed by atoms with E-state index in [-0.39, 0.29) is 5.91 Å². The van der Waals surface area contributed by atoms with Crippen LogP contribution in [0.2, 0.25) is 0 Å². The Bertz CT molecular complexity index is 1340. The number of nitrogens with zero attached hydrogens (tertiary/aromatic N) is 2. The largest absolute Gasteiger partial charge is 0.497 e. The lowest BCUT2D eigenvalue weighted by atomic mass is 9.81. The smallest absolute Gasteiger partial charge is 0.262 e. The monoisotopic (exact) mass is 507 g/mol. The van der Waals surface area contributed by atoms with Crippen molar-refractivity contribution in [3.63, 3.8) is 0 Å². The number of amides is 3. The summed E-state index contributed by atoms with van der Waals surface area (Å²) in [4.78, 5) is 44.3. The summed E-state index contributed by atoms with van der Waals surface area (Å²) in [7, 11) is 1.59. The molecule has 0 bridgehead atoms. The SMILES string of the molecule is COc1ccc(N2C(=O)[C@@H](N3C(=O)c4ccccc4C3=O)[C@H]2[C]2[CH][CH][CH][C]2Sc2ccc(C)cc2)cc1. The van der Waals surface area contributed by atoms with Crippen LogP contribution < -0.4 is 9.64 Å². The van der Waals surface area contributed by atoms with Crippen LogP contribution in [-0.2, 0) is 4.79 Å². The van der Waals surface area contributed by atoms with Crippen molar-refractivity contribution < 1.29 is 19.1 Å². The van der Waals surface area contributed by atoms with Gasteiger partial charge < -0.3 is 9.64 Å². The van der Waals surface area contributed by atoms with Gasteiger partial charge in [0.2, 0.25) is 0 Å². The lowest BCUT2D eigenvalue weighted by Gasteiger charge is -2.52. The third-order valence-corrected chi connectivity index (χ3v) is 8.00. The van der Waals surface area contributed by atoms with E-state index in [1.807, 2.05) is 38.3 Å². The molecule has 0 N–H and O–H groups in total. The molecule has 2 atom stereocenters.